The van der Waals surface area contributed by atoms with Gasteiger partial charge in [-0.25, -0.2) is 14.4 Å². The van der Waals surface area contributed by atoms with Gasteiger partial charge in [0.05, 0.1) is 5.69 Å². The molecule has 0 amide bonds. The Bertz CT molecular complexity index is 989. The summed E-state index contributed by atoms with van der Waals surface area (Å²) >= 11 is 0. The Hall–Kier alpha value is -3.21. The maximum Gasteiger partial charge on any atom is 0.174 e. The average Bonchev–Trinajstić information content (AvgIpc) is 3.23. The minimum Gasteiger partial charge on any atom is -0.451 e. The number of pyridine rings is 1. The summed E-state index contributed by atoms with van der Waals surface area (Å²) in [5.41, 5.74) is 3.03. The number of aromatic nitrogens is 3. The van der Waals surface area contributed by atoms with E-state index in [0.717, 1.165) is 17.0 Å². The summed E-state index contributed by atoms with van der Waals surface area (Å²) in [6.45, 7) is 1.96. The fourth-order valence-corrected chi connectivity index (χ4v) is 2.61. The molecule has 0 aliphatic rings. The lowest BCUT2D eigenvalue weighted by Crippen LogP contribution is -1.85. The molecule has 4 aromatic rings. The predicted molar refractivity (Wildman–Crippen MR) is 89.7 cm³/mol. The van der Waals surface area contributed by atoms with Crippen molar-refractivity contribution in [3.05, 3.63) is 72.3 Å². The Kier molecular flexibility index (Phi) is 3.46. The van der Waals surface area contributed by atoms with Crippen LogP contribution in [0.4, 0.5) is 4.39 Å². The highest BCUT2D eigenvalue weighted by atomic mass is 19.1. The van der Waals surface area contributed by atoms with Gasteiger partial charge in [-0.15, -0.1) is 0 Å². The van der Waals surface area contributed by atoms with Gasteiger partial charge in [-0.1, -0.05) is 30.3 Å². The zero-order valence-electron chi connectivity index (χ0n) is 13.0. The van der Waals surface area contributed by atoms with Crippen molar-refractivity contribution in [3.63, 3.8) is 0 Å². The number of nitrogens with zero attached hydrogens (tertiary/aromatic N) is 2. The van der Waals surface area contributed by atoms with Crippen molar-refractivity contribution in [2.45, 2.75) is 6.92 Å². The van der Waals surface area contributed by atoms with Gasteiger partial charge in [-0.3, -0.25) is 0 Å². The number of aryl methyl sites for hydroxylation is 1. The van der Waals surface area contributed by atoms with Gasteiger partial charge in [0.25, 0.3) is 0 Å². The lowest BCUT2D eigenvalue weighted by molar-refractivity contribution is 0.572. The smallest absolute Gasteiger partial charge is 0.174 e. The molecule has 0 aliphatic carbocycles. The van der Waals surface area contributed by atoms with Crippen LogP contribution in [0.5, 0.6) is 0 Å². The van der Waals surface area contributed by atoms with Crippen LogP contribution in [0.25, 0.3) is 34.3 Å². The number of imidazole rings is 1. The molecule has 0 atom stereocenters. The minimum absolute atomic E-state index is 0.190. The fraction of sp³-hybridized carbons (Fsp3) is 0.0526. The van der Waals surface area contributed by atoms with Gasteiger partial charge in [0, 0.05) is 17.5 Å². The summed E-state index contributed by atoms with van der Waals surface area (Å²) in [7, 11) is 0. The summed E-state index contributed by atoms with van der Waals surface area (Å²) < 4.78 is 19.6. The zero-order valence-corrected chi connectivity index (χ0v) is 13.0. The Balaban J connectivity index is 1.72. The molecule has 1 aromatic carbocycles. The molecule has 0 bridgehead atoms. The van der Waals surface area contributed by atoms with Crippen LogP contribution in [0.2, 0.25) is 0 Å². The van der Waals surface area contributed by atoms with E-state index in [4.69, 9.17) is 4.42 Å². The van der Waals surface area contributed by atoms with Crippen LogP contribution in [-0.4, -0.2) is 15.0 Å². The maximum atomic E-state index is 13.8. The maximum absolute atomic E-state index is 13.8. The molecule has 4 nitrogen and oxygen atoms in total. The van der Waals surface area contributed by atoms with Crippen molar-refractivity contribution in [3.8, 4) is 34.3 Å². The summed E-state index contributed by atoms with van der Waals surface area (Å²) in [4.78, 5) is 11.9. The van der Waals surface area contributed by atoms with E-state index in [2.05, 4.69) is 15.0 Å². The van der Waals surface area contributed by atoms with Crippen LogP contribution in [0, 0.1) is 12.7 Å². The molecule has 0 spiro atoms. The molecule has 4 rings (SSSR count). The van der Waals surface area contributed by atoms with Crippen molar-refractivity contribution in [1.29, 1.82) is 0 Å². The summed E-state index contributed by atoms with van der Waals surface area (Å²) in [6.07, 6.45) is 1.53. The molecule has 0 saturated heterocycles. The fourth-order valence-electron chi connectivity index (χ4n) is 2.61. The van der Waals surface area contributed by atoms with Crippen molar-refractivity contribution in [1.82, 2.24) is 15.0 Å². The van der Waals surface area contributed by atoms with Gasteiger partial charge in [-0.05, 0) is 31.2 Å². The van der Waals surface area contributed by atoms with Crippen molar-refractivity contribution in [2.75, 3.05) is 0 Å². The first kappa shape index (κ1) is 14.4. The largest absolute Gasteiger partial charge is 0.451 e. The van der Waals surface area contributed by atoms with E-state index in [9.17, 15) is 4.39 Å². The first-order valence-corrected chi connectivity index (χ1v) is 7.55. The van der Waals surface area contributed by atoms with E-state index >= 15 is 0 Å². The SMILES string of the molecule is Cc1[nH]c(-c2ccc(-c3ncccc3F)o2)nc1-c1ccccc1. The number of hydrogen-bond acceptors (Lipinski definition) is 3. The lowest BCUT2D eigenvalue weighted by atomic mass is 10.1. The van der Waals surface area contributed by atoms with Gasteiger partial charge in [0.15, 0.2) is 23.2 Å². The van der Waals surface area contributed by atoms with E-state index in [1.165, 1.54) is 12.3 Å². The summed E-state index contributed by atoms with van der Waals surface area (Å²) in [5.74, 6) is 1.10. The standard InChI is InChI=1S/C19H14FN3O/c1-12-17(13-6-3-2-4-7-13)23-19(22-12)16-10-9-15(24-16)18-14(20)8-5-11-21-18/h2-11H,1H3,(H,22,23). The molecule has 0 unspecified atom stereocenters. The Labute approximate surface area is 138 Å². The van der Waals surface area contributed by atoms with Gasteiger partial charge in [0.1, 0.15) is 5.69 Å². The molecule has 24 heavy (non-hydrogen) atoms. The normalized spacial score (nSPS) is 10.9. The van der Waals surface area contributed by atoms with Crippen LogP contribution in [-0.2, 0) is 0 Å². The van der Waals surface area contributed by atoms with Crippen molar-refractivity contribution in [2.24, 2.45) is 0 Å². The summed E-state index contributed by atoms with van der Waals surface area (Å²) in [6, 6.07) is 16.3. The highest BCUT2D eigenvalue weighted by molar-refractivity contribution is 5.66. The van der Waals surface area contributed by atoms with E-state index in [1.807, 2.05) is 37.3 Å². The van der Waals surface area contributed by atoms with Crippen LogP contribution in [0.1, 0.15) is 5.69 Å². The van der Waals surface area contributed by atoms with E-state index in [-0.39, 0.29) is 5.69 Å². The van der Waals surface area contributed by atoms with Crippen LogP contribution in [0.3, 0.4) is 0 Å². The molecular formula is C19H14FN3O. The molecule has 0 saturated carbocycles. The second kappa shape index (κ2) is 5.77. The number of nitrogens with one attached hydrogen (secondary N) is 1. The van der Waals surface area contributed by atoms with E-state index in [1.54, 1.807) is 18.2 Å². The highest BCUT2D eigenvalue weighted by Gasteiger charge is 2.15. The predicted octanol–water partition coefficient (Wildman–Crippen LogP) is 4.85. The Morgan fingerprint density at radius 3 is 2.50 bits per heavy atom. The average molecular weight is 319 g/mol. The molecule has 0 fully saturated rings. The lowest BCUT2D eigenvalue weighted by Gasteiger charge is -1.97. The number of furan rings is 1. The van der Waals surface area contributed by atoms with Gasteiger partial charge in [0.2, 0.25) is 0 Å². The van der Waals surface area contributed by atoms with Crippen molar-refractivity contribution >= 4 is 0 Å². The number of hydrogen-bond donors (Lipinski definition) is 1. The topological polar surface area (TPSA) is 54.7 Å². The third-order valence-electron chi connectivity index (χ3n) is 3.76. The van der Waals surface area contributed by atoms with Crippen LogP contribution < -0.4 is 0 Å². The molecule has 1 N–H and O–H groups in total. The van der Waals surface area contributed by atoms with E-state index < -0.39 is 5.82 Å². The third kappa shape index (κ3) is 2.50. The third-order valence-corrected chi connectivity index (χ3v) is 3.76. The number of rotatable bonds is 3. The van der Waals surface area contributed by atoms with Gasteiger partial charge < -0.3 is 9.40 Å². The number of aromatic amines is 1. The zero-order chi connectivity index (χ0) is 16.5. The second-order valence-electron chi connectivity index (χ2n) is 5.42. The Morgan fingerprint density at radius 1 is 0.917 bits per heavy atom. The number of halogens is 1. The number of benzene rings is 1. The van der Waals surface area contributed by atoms with Gasteiger partial charge in [-0.2, -0.15) is 0 Å². The van der Waals surface area contributed by atoms with Gasteiger partial charge >= 0.3 is 0 Å². The molecule has 3 heterocycles. The summed E-state index contributed by atoms with van der Waals surface area (Å²) in [5, 5.41) is 0. The Morgan fingerprint density at radius 2 is 1.71 bits per heavy atom. The highest BCUT2D eigenvalue weighted by Crippen LogP contribution is 2.30. The van der Waals surface area contributed by atoms with Crippen LogP contribution >= 0.6 is 0 Å². The second-order valence-corrected chi connectivity index (χ2v) is 5.42. The molecule has 3 aromatic heterocycles. The molecule has 0 aliphatic heterocycles. The molecular weight excluding hydrogens is 305 g/mol. The van der Waals surface area contributed by atoms with Crippen molar-refractivity contribution < 1.29 is 8.81 Å². The monoisotopic (exact) mass is 319 g/mol. The van der Waals surface area contributed by atoms with E-state index in [0.29, 0.717) is 17.3 Å². The minimum atomic E-state index is -0.418. The quantitative estimate of drug-likeness (QED) is 0.587. The first-order valence-electron chi connectivity index (χ1n) is 7.55. The van der Waals surface area contributed by atoms with Crippen LogP contribution in [0.15, 0.2) is 65.2 Å². The molecule has 118 valence electrons. The molecule has 0 radical (unpaired) electrons. The molecule has 5 heteroatoms. The first-order chi connectivity index (χ1) is 11.7. The number of H-pyrrole nitrogens is 1.